The van der Waals surface area contributed by atoms with Gasteiger partial charge in [-0.2, -0.15) is 4.89 Å². The van der Waals surface area contributed by atoms with Crippen LogP contribution < -0.4 is 5.32 Å². The highest BCUT2D eigenvalue weighted by Crippen LogP contribution is 2.43. The summed E-state index contributed by atoms with van der Waals surface area (Å²) in [4.78, 5) is 27.7. The Hall–Kier alpha value is -0.840. The molecular formula is C41H84N2O8P+. The smallest absolute Gasteiger partial charge is 0.387 e. The van der Waals surface area contributed by atoms with Gasteiger partial charge < -0.3 is 24.9 Å². The summed E-state index contributed by atoms with van der Waals surface area (Å²) in [6.07, 6.45) is 33.4. The zero-order valence-electron chi connectivity index (χ0n) is 34.4. The number of amides is 1. The number of unbranched alkanes of at least 4 members (excludes halogenated alkanes) is 25. The minimum atomic E-state index is -4.64. The molecule has 0 aromatic rings. The highest BCUT2D eigenvalue weighted by Gasteiger charge is 2.32. The average Bonchev–Trinajstić information content (AvgIpc) is 3.09. The number of phosphoric acid groups is 1. The molecule has 0 rings (SSSR count). The van der Waals surface area contributed by atoms with Crippen molar-refractivity contribution in [1.29, 1.82) is 0 Å². The van der Waals surface area contributed by atoms with E-state index in [9.17, 15) is 24.5 Å². The second-order valence-corrected chi connectivity index (χ2v) is 17.3. The van der Waals surface area contributed by atoms with Crippen molar-refractivity contribution in [2.75, 3.05) is 34.3 Å². The Bertz CT molecular complexity index is 885. The third kappa shape index (κ3) is 34.9. The molecule has 310 valence electrons. The molecular weight excluding hydrogens is 679 g/mol. The summed E-state index contributed by atoms with van der Waals surface area (Å²) in [5, 5.41) is 24.3. The van der Waals surface area contributed by atoms with Crippen LogP contribution in [0.4, 0.5) is 0 Å². The third-order valence-electron chi connectivity index (χ3n) is 9.57. The summed E-state index contributed by atoms with van der Waals surface area (Å²) < 4.78 is 22.3. The van der Waals surface area contributed by atoms with Gasteiger partial charge >= 0.3 is 7.82 Å². The summed E-state index contributed by atoms with van der Waals surface area (Å²) in [5.74, 6) is -0.341. The van der Waals surface area contributed by atoms with Crippen molar-refractivity contribution < 1.29 is 43.0 Å². The summed E-state index contributed by atoms with van der Waals surface area (Å²) in [7, 11) is 1.09. The topological polar surface area (TPSA) is 135 Å². The number of carbonyl (C=O) groups is 1. The van der Waals surface area contributed by atoms with E-state index in [2.05, 4.69) is 23.8 Å². The maximum Gasteiger partial charge on any atom is 0.499 e. The van der Waals surface area contributed by atoms with Crippen molar-refractivity contribution >= 4 is 13.7 Å². The van der Waals surface area contributed by atoms with E-state index < -0.39 is 26.3 Å². The fraction of sp³-hybridized carbons (Fsp3) is 0.927. The predicted molar refractivity (Wildman–Crippen MR) is 215 cm³/mol. The van der Waals surface area contributed by atoms with Crippen molar-refractivity contribution in [3.05, 3.63) is 12.2 Å². The van der Waals surface area contributed by atoms with Crippen LogP contribution in [-0.4, -0.2) is 78.2 Å². The molecule has 10 nitrogen and oxygen atoms in total. The minimum absolute atomic E-state index is 0.0689. The predicted octanol–water partition coefficient (Wildman–Crippen LogP) is 10.4. The molecule has 1 unspecified atom stereocenters. The van der Waals surface area contributed by atoms with Gasteiger partial charge in [0.2, 0.25) is 12.2 Å². The standard InChI is InChI=1S/C41H83N2O8P/c1-6-8-10-12-14-16-18-20-21-23-25-27-29-31-33-35-39(45)42-40(41(46)50-51-52(47,48)49-37-36-43(3,4)5)38(44)34-32-30-28-26-24-22-19-17-15-13-11-9-7-2/h32,34,38,40-41,44,46H,6-31,33,35-37H2,1-5H3,(H-,42,45,47,48)/p+1/b34-32+/t38-,40+,41+/m1/s1. The fourth-order valence-electron chi connectivity index (χ4n) is 6.13. The molecule has 0 saturated carbocycles. The first-order valence-electron chi connectivity index (χ1n) is 21.4. The number of nitrogens with zero attached hydrogens (tertiary/aromatic N) is 1. The molecule has 0 aliphatic rings. The Kier molecular flexibility index (Phi) is 34.1. The minimum Gasteiger partial charge on any atom is -0.387 e. The van der Waals surface area contributed by atoms with Crippen LogP contribution in [0, 0.1) is 0 Å². The van der Waals surface area contributed by atoms with E-state index in [0.717, 1.165) is 38.5 Å². The first-order chi connectivity index (χ1) is 24.9. The van der Waals surface area contributed by atoms with Crippen molar-refractivity contribution in [2.24, 2.45) is 0 Å². The number of aliphatic hydroxyl groups excluding tert-OH is 2. The van der Waals surface area contributed by atoms with Crippen molar-refractivity contribution in [1.82, 2.24) is 5.32 Å². The quantitative estimate of drug-likeness (QED) is 0.00925. The molecule has 0 aliphatic heterocycles. The molecule has 0 aliphatic carbocycles. The molecule has 0 heterocycles. The largest absolute Gasteiger partial charge is 0.499 e. The maximum absolute atomic E-state index is 12.8. The summed E-state index contributed by atoms with van der Waals surface area (Å²) in [6, 6.07) is -1.30. The van der Waals surface area contributed by atoms with Crippen molar-refractivity contribution in [2.45, 2.75) is 212 Å². The van der Waals surface area contributed by atoms with E-state index in [0.29, 0.717) is 17.4 Å². The number of hydrogen-bond acceptors (Lipinski definition) is 7. The van der Waals surface area contributed by atoms with E-state index in [4.69, 9.17) is 9.41 Å². The molecule has 0 radical (unpaired) electrons. The highest BCUT2D eigenvalue weighted by atomic mass is 31.2. The number of allylic oxidation sites excluding steroid dienone is 1. The fourth-order valence-corrected chi connectivity index (χ4v) is 6.68. The molecule has 11 heteroatoms. The number of quaternary nitrogens is 1. The Labute approximate surface area is 320 Å². The van der Waals surface area contributed by atoms with Crippen LogP contribution in [0.25, 0.3) is 0 Å². The molecule has 0 bridgehead atoms. The van der Waals surface area contributed by atoms with Gasteiger partial charge in [0.15, 0.2) is 0 Å². The van der Waals surface area contributed by atoms with Crippen molar-refractivity contribution in [3.63, 3.8) is 0 Å². The van der Waals surface area contributed by atoms with Gasteiger partial charge in [-0.25, -0.2) is 4.57 Å². The number of likely N-dealkylation sites (N-methyl/N-ethyl adjacent to an activating group) is 1. The summed E-state index contributed by atoms with van der Waals surface area (Å²) in [5.41, 5.74) is 0. The average molecular weight is 764 g/mol. The van der Waals surface area contributed by atoms with E-state index in [1.54, 1.807) is 0 Å². The van der Waals surface area contributed by atoms with Gasteiger partial charge in [-0.1, -0.05) is 180 Å². The highest BCUT2D eigenvalue weighted by molar-refractivity contribution is 7.47. The van der Waals surface area contributed by atoms with Crippen LogP contribution in [0.2, 0.25) is 0 Å². The van der Waals surface area contributed by atoms with Crippen LogP contribution in [0.3, 0.4) is 0 Å². The van der Waals surface area contributed by atoms with E-state index in [-0.39, 0.29) is 18.9 Å². The molecule has 0 saturated heterocycles. The van der Waals surface area contributed by atoms with Gasteiger partial charge in [0.1, 0.15) is 19.2 Å². The lowest BCUT2D eigenvalue weighted by atomic mass is 10.0. The Morgan fingerprint density at radius 1 is 0.673 bits per heavy atom. The monoisotopic (exact) mass is 764 g/mol. The lowest BCUT2D eigenvalue weighted by Gasteiger charge is -2.27. The van der Waals surface area contributed by atoms with Crippen LogP contribution in [-0.2, 0) is 23.4 Å². The number of nitrogens with one attached hydrogen (secondary N) is 1. The number of carbonyl (C=O) groups excluding carboxylic acids is 1. The van der Waals surface area contributed by atoms with Gasteiger partial charge in [0.05, 0.1) is 27.2 Å². The molecule has 52 heavy (non-hydrogen) atoms. The van der Waals surface area contributed by atoms with Gasteiger partial charge in [0.25, 0.3) is 0 Å². The molecule has 1 amide bonds. The lowest BCUT2D eigenvalue weighted by Crippen LogP contribution is -2.51. The Balaban J connectivity index is 4.59. The third-order valence-corrected chi connectivity index (χ3v) is 10.4. The van der Waals surface area contributed by atoms with Crippen LogP contribution in [0.5, 0.6) is 0 Å². The first kappa shape index (κ1) is 51.2. The summed E-state index contributed by atoms with van der Waals surface area (Å²) >= 11 is 0. The number of hydrogen-bond donors (Lipinski definition) is 4. The number of aliphatic hydroxyl groups is 2. The Morgan fingerprint density at radius 2 is 1.08 bits per heavy atom. The van der Waals surface area contributed by atoms with E-state index in [1.165, 1.54) is 134 Å². The second-order valence-electron chi connectivity index (χ2n) is 15.9. The molecule has 0 fully saturated rings. The SMILES string of the molecule is CCCCCCCCCCCCC/C=C/[C@@H](O)[C@H](NC(=O)CCCCCCCCCCCCCCCCC)[C@@H](O)OOP(=O)(O)OCC[N+](C)(C)C. The lowest BCUT2D eigenvalue weighted by molar-refractivity contribution is -0.870. The molecule has 0 aromatic heterocycles. The molecule has 4 N–H and O–H groups in total. The van der Waals surface area contributed by atoms with Gasteiger partial charge in [-0.05, 0) is 19.3 Å². The van der Waals surface area contributed by atoms with Crippen LogP contribution in [0.1, 0.15) is 194 Å². The number of phosphoric ester groups is 1. The second kappa shape index (κ2) is 34.6. The zero-order chi connectivity index (χ0) is 38.8. The number of rotatable bonds is 39. The molecule has 0 aromatic carbocycles. The van der Waals surface area contributed by atoms with Crippen molar-refractivity contribution in [3.8, 4) is 0 Å². The summed E-state index contributed by atoms with van der Waals surface area (Å²) in [6.45, 7) is 4.87. The van der Waals surface area contributed by atoms with E-state index in [1.807, 2.05) is 27.2 Å². The van der Waals surface area contributed by atoms with Gasteiger partial charge in [-0.15, -0.1) is 4.67 Å². The Morgan fingerprint density at radius 3 is 1.50 bits per heavy atom. The first-order valence-corrected chi connectivity index (χ1v) is 22.9. The van der Waals surface area contributed by atoms with Gasteiger partial charge in [-0.3, -0.25) is 9.32 Å². The van der Waals surface area contributed by atoms with Gasteiger partial charge in [0, 0.05) is 6.42 Å². The zero-order valence-corrected chi connectivity index (χ0v) is 35.3. The molecule has 4 atom stereocenters. The van der Waals surface area contributed by atoms with Crippen LogP contribution in [0.15, 0.2) is 12.2 Å². The van der Waals surface area contributed by atoms with Crippen LogP contribution >= 0.6 is 7.82 Å². The maximum atomic E-state index is 12.8. The normalized spacial score (nSPS) is 15.2. The van der Waals surface area contributed by atoms with E-state index >= 15 is 0 Å². The molecule has 0 spiro atoms.